The van der Waals surface area contributed by atoms with Gasteiger partial charge in [-0.05, 0) is 30.4 Å². The van der Waals surface area contributed by atoms with Crippen molar-refractivity contribution in [1.29, 1.82) is 0 Å². The first kappa shape index (κ1) is 23.6. The highest BCUT2D eigenvalue weighted by atomic mass is 32.2. The van der Waals surface area contributed by atoms with Gasteiger partial charge in [-0.25, -0.2) is 8.42 Å². The molecule has 0 N–H and O–H groups in total. The van der Waals surface area contributed by atoms with Crippen molar-refractivity contribution in [2.75, 3.05) is 18.6 Å². The van der Waals surface area contributed by atoms with E-state index < -0.39 is 9.84 Å². The molecule has 0 bridgehead atoms. The zero-order valence-electron chi connectivity index (χ0n) is 17.6. The number of carbonyl (C=O) groups excluding carboxylic acids is 1. The Morgan fingerprint density at radius 2 is 1.87 bits per heavy atom. The molecular weight excluding hydrogens is 459 g/mol. The summed E-state index contributed by atoms with van der Waals surface area (Å²) >= 11 is 4.50. The minimum absolute atomic E-state index is 0.0599. The molecule has 0 spiro atoms. The maximum Gasteiger partial charge on any atom is 0.235 e. The lowest BCUT2D eigenvalue weighted by Crippen LogP contribution is -2.41. The van der Waals surface area contributed by atoms with Crippen LogP contribution >= 0.6 is 34.9 Å². The molecule has 1 aliphatic rings. The third kappa shape index (κ3) is 6.21. The van der Waals surface area contributed by atoms with Crippen LogP contribution in [0.4, 0.5) is 0 Å². The number of carbonyl (C=O) groups is 1. The number of sulfone groups is 1. The summed E-state index contributed by atoms with van der Waals surface area (Å²) in [7, 11) is -1.32. The highest BCUT2D eigenvalue weighted by Gasteiger charge is 2.34. The minimum Gasteiger partial charge on any atom is -0.341 e. The number of amides is 1. The summed E-state index contributed by atoms with van der Waals surface area (Å²) in [5.74, 6) is 1.50. The number of aromatic nitrogens is 2. The van der Waals surface area contributed by atoms with Gasteiger partial charge in [-0.15, -0.1) is 10.2 Å². The SMILES string of the molecule is CC(Sc1nnc(SCc2ccc(C(C)C)cc2)s1)C(=O)N(C)C1CCS(=O)(=O)C1. The van der Waals surface area contributed by atoms with Crippen molar-refractivity contribution in [3.8, 4) is 0 Å². The standard InChI is InChI=1S/C20H27N3O3S4/c1-13(2)16-7-5-15(6-8-16)11-27-19-21-22-20(29-19)28-14(3)18(24)23(4)17-9-10-30(25,26)12-17/h5-8,13-14,17H,9-12H2,1-4H3. The second-order valence-corrected chi connectivity index (χ2v) is 13.8. The van der Waals surface area contributed by atoms with Gasteiger partial charge in [0.25, 0.3) is 0 Å². The van der Waals surface area contributed by atoms with Crippen LogP contribution in [0.1, 0.15) is 44.2 Å². The van der Waals surface area contributed by atoms with Crippen molar-refractivity contribution >= 4 is 50.6 Å². The Hall–Kier alpha value is -1.10. The molecule has 1 amide bonds. The zero-order chi connectivity index (χ0) is 21.9. The monoisotopic (exact) mass is 485 g/mol. The molecule has 1 aromatic heterocycles. The Kier molecular flexibility index (Phi) is 7.86. The molecule has 1 aliphatic heterocycles. The van der Waals surface area contributed by atoms with Crippen molar-refractivity contribution in [2.24, 2.45) is 0 Å². The normalized spacial score (nSPS) is 19.2. The lowest BCUT2D eigenvalue weighted by molar-refractivity contribution is -0.130. The molecule has 30 heavy (non-hydrogen) atoms. The summed E-state index contributed by atoms with van der Waals surface area (Å²) in [5, 5.41) is 8.11. The van der Waals surface area contributed by atoms with E-state index in [1.165, 1.54) is 34.2 Å². The molecule has 0 saturated carbocycles. The molecular formula is C20H27N3O3S4. The van der Waals surface area contributed by atoms with Gasteiger partial charge < -0.3 is 4.90 Å². The Bertz CT molecular complexity index is 973. The quantitative estimate of drug-likeness (QED) is 0.521. The third-order valence-electron chi connectivity index (χ3n) is 5.13. The largest absolute Gasteiger partial charge is 0.341 e. The van der Waals surface area contributed by atoms with Gasteiger partial charge >= 0.3 is 0 Å². The summed E-state index contributed by atoms with van der Waals surface area (Å²) in [6.45, 7) is 6.20. The van der Waals surface area contributed by atoms with Gasteiger partial charge in [0, 0.05) is 18.8 Å². The Morgan fingerprint density at radius 1 is 1.20 bits per heavy atom. The van der Waals surface area contributed by atoms with Crippen LogP contribution in [0.3, 0.4) is 0 Å². The summed E-state index contributed by atoms with van der Waals surface area (Å²) in [5.41, 5.74) is 2.57. The molecule has 2 atom stereocenters. The van der Waals surface area contributed by atoms with E-state index in [1.54, 1.807) is 23.7 Å². The molecule has 1 saturated heterocycles. The lowest BCUT2D eigenvalue weighted by Gasteiger charge is -2.25. The number of hydrogen-bond donors (Lipinski definition) is 0. The Balaban J connectivity index is 1.51. The van der Waals surface area contributed by atoms with Crippen LogP contribution in [0.15, 0.2) is 32.9 Å². The first-order chi connectivity index (χ1) is 14.1. The average molecular weight is 486 g/mol. The number of rotatable bonds is 8. The second-order valence-electron chi connectivity index (χ2n) is 7.78. The Morgan fingerprint density at radius 3 is 2.47 bits per heavy atom. The van der Waals surface area contributed by atoms with E-state index in [4.69, 9.17) is 0 Å². The number of thioether (sulfide) groups is 2. The molecule has 3 rings (SSSR count). The van der Waals surface area contributed by atoms with Gasteiger partial charge in [0.15, 0.2) is 18.5 Å². The first-order valence-electron chi connectivity index (χ1n) is 9.83. The Labute approximate surface area is 191 Å². The van der Waals surface area contributed by atoms with Crippen LogP contribution in [0, 0.1) is 0 Å². The van der Waals surface area contributed by atoms with E-state index in [0.29, 0.717) is 12.3 Å². The maximum absolute atomic E-state index is 12.7. The van der Waals surface area contributed by atoms with Gasteiger partial charge in [0.05, 0.1) is 16.8 Å². The topological polar surface area (TPSA) is 80.2 Å². The van der Waals surface area contributed by atoms with E-state index in [9.17, 15) is 13.2 Å². The number of hydrogen-bond acceptors (Lipinski definition) is 8. The summed E-state index contributed by atoms with van der Waals surface area (Å²) < 4.78 is 25.0. The highest BCUT2D eigenvalue weighted by molar-refractivity contribution is 8.03. The lowest BCUT2D eigenvalue weighted by atomic mass is 10.0. The molecule has 1 aromatic carbocycles. The van der Waals surface area contributed by atoms with Gasteiger partial charge in [0.1, 0.15) is 0 Å². The zero-order valence-corrected chi connectivity index (χ0v) is 20.8. The second kappa shape index (κ2) is 10.0. The van der Waals surface area contributed by atoms with E-state index in [-0.39, 0.29) is 28.7 Å². The summed E-state index contributed by atoms with van der Waals surface area (Å²) in [4.78, 5) is 14.3. The molecule has 6 nitrogen and oxygen atoms in total. The highest BCUT2D eigenvalue weighted by Crippen LogP contribution is 2.33. The van der Waals surface area contributed by atoms with Crippen LogP contribution in [0.5, 0.6) is 0 Å². The van der Waals surface area contributed by atoms with Crippen LogP contribution in [-0.4, -0.2) is 59.3 Å². The predicted octanol–water partition coefficient (Wildman–Crippen LogP) is 4.08. The van der Waals surface area contributed by atoms with Crippen molar-refractivity contribution in [3.63, 3.8) is 0 Å². The van der Waals surface area contributed by atoms with Gasteiger partial charge in [-0.2, -0.15) is 0 Å². The van der Waals surface area contributed by atoms with Crippen LogP contribution in [0.25, 0.3) is 0 Å². The third-order valence-corrected chi connectivity index (χ3v) is 10.2. The van der Waals surface area contributed by atoms with Crippen molar-refractivity contribution in [1.82, 2.24) is 15.1 Å². The number of nitrogens with zero attached hydrogens (tertiary/aromatic N) is 3. The maximum atomic E-state index is 12.7. The van der Waals surface area contributed by atoms with E-state index in [2.05, 4.69) is 48.3 Å². The fourth-order valence-electron chi connectivity index (χ4n) is 3.20. The predicted molar refractivity (Wildman–Crippen MR) is 125 cm³/mol. The molecule has 1 fully saturated rings. The molecule has 0 aliphatic carbocycles. The van der Waals surface area contributed by atoms with E-state index in [1.807, 2.05) is 6.92 Å². The summed E-state index contributed by atoms with van der Waals surface area (Å²) in [6.07, 6.45) is 0.514. The van der Waals surface area contributed by atoms with Crippen LogP contribution in [0.2, 0.25) is 0 Å². The molecule has 10 heteroatoms. The van der Waals surface area contributed by atoms with E-state index in [0.717, 1.165) is 14.4 Å². The summed E-state index contributed by atoms with van der Waals surface area (Å²) in [6, 6.07) is 8.41. The minimum atomic E-state index is -3.02. The van der Waals surface area contributed by atoms with Crippen LogP contribution < -0.4 is 0 Å². The van der Waals surface area contributed by atoms with Crippen molar-refractivity contribution in [3.05, 3.63) is 35.4 Å². The van der Waals surface area contributed by atoms with E-state index >= 15 is 0 Å². The first-order valence-corrected chi connectivity index (χ1v) is 14.3. The van der Waals surface area contributed by atoms with Crippen LogP contribution in [-0.2, 0) is 20.4 Å². The molecule has 2 unspecified atom stereocenters. The van der Waals surface area contributed by atoms with Gasteiger partial charge in [-0.1, -0.05) is 73.0 Å². The fourth-order valence-corrected chi connectivity index (χ4v) is 8.19. The van der Waals surface area contributed by atoms with Gasteiger partial charge in [-0.3, -0.25) is 4.79 Å². The van der Waals surface area contributed by atoms with Crippen molar-refractivity contribution in [2.45, 2.75) is 58.8 Å². The molecule has 2 aromatic rings. The van der Waals surface area contributed by atoms with Crippen molar-refractivity contribution < 1.29 is 13.2 Å². The molecule has 0 radical (unpaired) electrons. The smallest absolute Gasteiger partial charge is 0.235 e. The molecule has 2 heterocycles. The van der Waals surface area contributed by atoms with Gasteiger partial charge in [0.2, 0.25) is 5.91 Å². The molecule has 164 valence electrons. The average Bonchev–Trinajstić information content (AvgIpc) is 3.31. The number of benzene rings is 1. The fraction of sp³-hybridized carbons (Fsp3) is 0.550.